The van der Waals surface area contributed by atoms with E-state index in [0.29, 0.717) is 6.07 Å². The maximum absolute atomic E-state index is 12.5. The summed E-state index contributed by atoms with van der Waals surface area (Å²) in [6.45, 7) is 0. The zero-order valence-electron chi connectivity index (χ0n) is 9.46. The third-order valence-electron chi connectivity index (χ3n) is 2.40. The summed E-state index contributed by atoms with van der Waals surface area (Å²) in [4.78, 5) is 13.8. The van der Waals surface area contributed by atoms with E-state index in [-0.39, 0.29) is 20.5 Å². The zero-order chi connectivity index (χ0) is 15.1. The van der Waals surface area contributed by atoms with Crippen LogP contribution in [0.3, 0.4) is 0 Å². The molecule has 1 aromatic heterocycles. The molecule has 0 amide bonds. The van der Waals surface area contributed by atoms with Crippen molar-refractivity contribution in [2.45, 2.75) is 6.18 Å². The SMILES string of the molecule is O=c1cc(C(F)(F)F)[nH]c(=S)n1-c1ccc(Cl)c(Cl)c1. The Morgan fingerprint density at radius 2 is 1.80 bits per heavy atom. The van der Waals surface area contributed by atoms with Crippen molar-refractivity contribution in [1.82, 2.24) is 9.55 Å². The highest BCUT2D eigenvalue weighted by molar-refractivity contribution is 7.71. The summed E-state index contributed by atoms with van der Waals surface area (Å²) >= 11 is 16.3. The average Bonchev–Trinajstić information content (AvgIpc) is 2.31. The van der Waals surface area contributed by atoms with Crippen molar-refractivity contribution in [2.75, 3.05) is 0 Å². The van der Waals surface area contributed by atoms with Gasteiger partial charge in [0.05, 0.1) is 15.7 Å². The van der Waals surface area contributed by atoms with Crippen molar-refractivity contribution >= 4 is 35.4 Å². The molecule has 2 aromatic rings. The van der Waals surface area contributed by atoms with Gasteiger partial charge >= 0.3 is 6.18 Å². The Kier molecular flexibility index (Phi) is 3.95. The first-order valence-corrected chi connectivity index (χ1v) is 6.25. The zero-order valence-corrected chi connectivity index (χ0v) is 11.8. The summed E-state index contributed by atoms with van der Waals surface area (Å²) in [6.07, 6.45) is -4.68. The van der Waals surface area contributed by atoms with Crippen molar-refractivity contribution in [3.8, 4) is 5.69 Å². The van der Waals surface area contributed by atoms with Gasteiger partial charge in [-0.1, -0.05) is 23.2 Å². The van der Waals surface area contributed by atoms with Crippen LogP contribution in [0.15, 0.2) is 29.1 Å². The van der Waals surface area contributed by atoms with Gasteiger partial charge in [0.2, 0.25) is 0 Å². The second-order valence-electron chi connectivity index (χ2n) is 3.76. The van der Waals surface area contributed by atoms with Gasteiger partial charge < -0.3 is 4.98 Å². The predicted octanol–water partition coefficient (Wildman–Crippen LogP) is 4.22. The molecule has 0 aliphatic rings. The van der Waals surface area contributed by atoms with E-state index in [9.17, 15) is 18.0 Å². The van der Waals surface area contributed by atoms with Crippen LogP contribution in [0.4, 0.5) is 13.2 Å². The number of alkyl halides is 3. The van der Waals surface area contributed by atoms with Gasteiger partial charge in [-0.15, -0.1) is 0 Å². The topological polar surface area (TPSA) is 37.8 Å². The molecule has 1 aromatic carbocycles. The Morgan fingerprint density at radius 3 is 2.30 bits per heavy atom. The van der Waals surface area contributed by atoms with Gasteiger partial charge in [-0.3, -0.25) is 9.36 Å². The minimum absolute atomic E-state index is 0.158. The molecule has 0 spiro atoms. The molecule has 106 valence electrons. The molecule has 2 rings (SSSR count). The van der Waals surface area contributed by atoms with Crippen LogP contribution in [-0.4, -0.2) is 9.55 Å². The number of hydrogen-bond donors (Lipinski definition) is 1. The Bertz CT molecular complexity index is 751. The molecule has 0 fully saturated rings. The fraction of sp³-hybridized carbons (Fsp3) is 0.0909. The van der Waals surface area contributed by atoms with Gasteiger partial charge in [0.15, 0.2) is 4.77 Å². The van der Waals surface area contributed by atoms with Crippen LogP contribution in [-0.2, 0) is 6.18 Å². The lowest BCUT2D eigenvalue weighted by molar-refractivity contribution is -0.141. The lowest BCUT2D eigenvalue weighted by Crippen LogP contribution is -2.23. The molecular weight excluding hydrogens is 336 g/mol. The van der Waals surface area contributed by atoms with E-state index < -0.39 is 17.4 Å². The summed E-state index contributed by atoms with van der Waals surface area (Å²) < 4.78 is 38.1. The fourth-order valence-corrected chi connectivity index (χ4v) is 2.11. The van der Waals surface area contributed by atoms with Gasteiger partial charge in [0, 0.05) is 6.07 Å². The van der Waals surface area contributed by atoms with Crippen molar-refractivity contribution in [2.24, 2.45) is 0 Å². The molecule has 0 unspecified atom stereocenters. The lowest BCUT2D eigenvalue weighted by Gasteiger charge is -2.10. The van der Waals surface area contributed by atoms with Crippen LogP contribution < -0.4 is 5.56 Å². The molecule has 1 N–H and O–H groups in total. The highest BCUT2D eigenvalue weighted by atomic mass is 35.5. The standard InChI is InChI=1S/C11H5Cl2F3N2OS/c12-6-2-1-5(3-7(6)13)18-9(19)4-8(11(14,15)16)17-10(18)20/h1-4H,(H,17,20). The minimum atomic E-state index is -4.68. The number of aromatic amines is 1. The first-order chi connectivity index (χ1) is 9.20. The van der Waals surface area contributed by atoms with Crippen molar-refractivity contribution in [3.63, 3.8) is 0 Å². The number of aromatic nitrogens is 2. The molecule has 0 atom stereocenters. The molecule has 0 radical (unpaired) electrons. The van der Waals surface area contributed by atoms with E-state index in [1.54, 1.807) is 0 Å². The number of hydrogen-bond acceptors (Lipinski definition) is 2. The molecule has 0 aliphatic heterocycles. The van der Waals surface area contributed by atoms with Crippen LogP contribution in [0.2, 0.25) is 10.0 Å². The molecule has 1 heterocycles. The average molecular weight is 341 g/mol. The van der Waals surface area contributed by atoms with Crippen LogP contribution in [0, 0.1) is 4.77 Å². The molecule has 20 heavy (non-hydrogen) atoms. The molecule has 0 saturated heterocycles. The first kappa shape index (κ1) is 15.1. The quantitative estimate of drug-likeness (QED) is 0.789. The fourth-order valence-electron chi connectivity index (χ4n) is 1.52. The van der Waals surface area contributed by atoms with Crippen LogP contribution in [0.5, 0.6) is 0 Å². The lowest BCUT2D eigenvalue weighted by atomic mass is 10.3. The molecule has 3 nitrogen and oxygen atoms in total. The number of rotatable bonds is 1. The maximum Gasteiger partial charge on any atom is 0.431 e. The van der Waals surface area contributed by atoms with E-state index >= 15 is 0 Å². The smallest absolute Gasteiger partial charge is 0.328 e. The highest BCUT2D eigenvalue weighted by Crippen LogP contribution is 2.27. The van der Waals surface area contributed by atoms with E-state index in [1.807, 2.05) is 4.98 Å². The summed E-state index contributed by atoms with van der Waals surface area (Å²) in [5.74, 6) is 0. The number of nitrogens with zero attached hydrogens (tertiary/aromatic N) is 1. The Hall–Kier alpha value is -1.31. The van der Waals surface area contributed by atoms with E-state index in [2.05, 4.69) is 0 Å². The minimum Gasteiger partial charge on any atom is -0.328 e. The first-order valence-electron chi connectivity index (χ1n) is 5.09. The molecule has 0 bridgehead atoms. The summed E-state index contributed by atoms with van der Waals surface area (Å²) in [6, 6.07) is 4.60. The van der Waals surface area contributed by atoms with Crippen LogP contribution in [0.1, 0.15) is 5.69 Å². The van der Waals surface area contributed by atoms with Crippen molar-refractivity contribution in [1.29, 1.82) is 0 Å². The van der Waals surface area contributed by atoms with E-state index in [4.69, 9.17) is 35.4 Å². The van der Waals surface area contributed by atoms with Gasteiger partial charge in [0.1, 0.15) is 5.69 Å². The number of halogens is 5. The number of benzene rings is 1. The van der Waals surface area contributed by atoms with Crippen LogP contribution >= 0.6 is 35.4 Å². The third kappa shape index (κ3) is 2.89. The van der Waals surface area contributed by atoms with Gasteiger partial charge in [-0.05, 0) is 30.4 Å². The molecule has 0 saturated carbocycles. The second-order valence-corrected chi connectivity index (χ2v) is 4.96. The number of H-pyrrole nitrogens is 1. The van der Waals surface area contributed by atoms with Gasteiger partial charge in [0.25, 0.3) is 5.56 Å². The monoisotopic (exact) mass is 340 g/mol. The summed E-state index contributed by atoms with van der Waals surface area (Å²) in [5, 5.41) is 0.413. The van der Waals surface area contributed by atoms with E-state index in [0.717, 1.165) is 4.57 Å². The second kappa shape index (κ2) is 5.23. The Morgan fingerprint density at radius 1 is 1.15 bits per heavy atom. The number of nitrogens with one attached hydrogen (secondary N) is 1. The van der Waals surface area contributed by atoms with E-state index in [1.165, 1.54) is 18.2 Å². The normalized spacial score (nSPS) is 11.7. The molecular formula is C11H5Cl2F3N2OS. The van der Waals surface area contributed by atoms with Gasteiger partial charge in [-0.25, -0.2) is 0 Å². The summed E-state index contributed by atoms with van der Waals surface area (Å²) in [5.41, 5.74) is -1.90. The van der Waals surface area contributed by atoms with Crippen molar-refractivity contribution in [3.05, 3.63) is 55.1 Å². The van der Waals surface area contributed by atoms with Crippen LogP contribution in [0.25, 0.3) is 5.69 Å². The highest BCUT2D eigenvalue weighted by Gasteiger charge is 2.32. The largest absolute Gasteiger partial charge is 0.431 e. The predicted molar refractivity (Wildman–Crippen MR) is 72.2 cm³/mol. The van der Waals surface area contributed by atoms with Crippen molar-refractivity contribution < 1.29 is 13.2 Å². The molecule has 0 aliphatic carbocycles. The maximum atomic E-state index is 12.5. The third-order valence-corrected chi connectivity index (χ3v) is 3.42. The Balaban J connectivity index is 2.68. The Labute approximate surface area is 125 Å². The summed E-state index contributed by atoms with van der Waals surface area (Å²) in [7, 11) is 0. The van der Waals surface area contributed by atoms with Gasteiger partial charge in [-0.2, -0.15) is 13.2 Å². The molecule has 9 heteroatoms.